The van der Waals surface area contributed by atoms with Gasteiger partial charge in [0, 0.05) is 25.2 Å². The van der Waals surface area contributed by atoms with Crippen molar-refractivity contribution in [2.45, 2.75) is 19.8 Å². The number of hydrogen-bond donors (Lipinski definition) is 3. The number of halogens is 3. The van der Waals surface area contributed by atoms with Gasteiger partial charge in [-0.3, -0.25) is 0 Å². The average molecular weight is 382 g/mol. The van der Waals surface area contributed by atoms with Gasteiger partial charge in [0.15, 0.2) is 5.96 Å². The first-order chi connectivity index (χ1) is 11.6. The third-order valence-corrected chi connectivity index (χ3v) is 3.46. The number of alkyl halides is 3. The molecule has 0 atom stereocenters. The number of sulfonamides is 1. The number of para-hydroxylation sites is 1. The smallest absolute Gasteiger partial charge is 0.405 e. The summed E-state index contributed by atoms with van der Waals surface area (Å²) in [5.41, 5.74) is 0.270. The fraction of sp³-hybridized carbons (Fsp3) is 0.500. The van der Waals surface area contributed by atoms with Crippen LogP contribution in [0.25, 0.3) is 0 Å². The summed E-state index contributed by atoms with van der Waals surface area (Å²) in [5.74, 6) is 0.0351. The molecule has 0 saturated carbocycles. The molecule has 0 spiro atoms. The van der Waals surface area contributed by atoms with E-state index in [0.717, 1.165) is 6.26 Å². The van der Waals surface area contributed by atoms with Gasteiger partial charge in [-0.1, -0.05) is 18.2 Å². The largest absolute Gasteiger partial charge is 0.573 e. The lowest BCUT2D eigenvalue weighted by atomic mass is 10.2. The Morgan fingerprint density at radius 2 is 1.88 bits per heavy atom. The van der Waals surface area contributed by atoms with Gasteiger partial charge in [0.1, 0.15) is 5.75 Å². The van der Waals surface area contributed by atoms with Gasteiger partial charge in [0.25, 0.3) is 0 Å². The number of nitrogens with zero attached hydrogens (tertiary/aromatic N) is 1. The predicted octanol–water partition coefficient (Wildman–Crippen LogP) is 1.19. The van der Waals surface area contributed by atoms with Gasteiger partial charge in [-0.05, 0) is 13.0 Å². The zero-order chi connectivity index (χ0) is 18.9. The molecule has 1 rings (SSSR count). The van der Waals surface area contributed by atoms with Crippen molar-refractivity contribution < 1.29 is 26.3 Å². The monoisotopic (exact) mass is 382 g/mol. The summed E-state index contributed by atoms with van der Waals surface area (Å²) in [6.45, 7) is 2.73. The molecule has 0 unspecified atom stereocenters. The van der Waals surface area contributed by atoms with Crippen LogP contribution in [0.15, 0.2) is 29.3 Å². The Morgan fingerprint density at radius 1 is 1.20 bits per heavy atom. The summed E-state index contributed by atoms with van der Waals surface area (Å²) in [6.07, 6.45) is -3.73. The molecule has 0 saturated heterocycles. The first-order valence-corrected chi connectivity index (χ1v) is 9.30. The molecule has 0 aliphatic rings. The van der Waals surface area contributed by atoms with Gasteiger partial charge in [-0.15, -0.1) is 13.2 Å². The quantitative estimate of drug-likeness (QED) is 0.357. The van der Waals surface area contributed by atoms with Crippen LogP contribution in [-0.2, 0) is 16.6 Å². The van der Waals surface area contributed by atoms with Crippen molar-refractivity contribution >= 4 is 16.0 Å². The van der Waals surface area contributed by atoms with Gasteiger partial charge < -0.3 is 15.4 Å². The zero-order valence-corrected chi connectivity index (χ0v) is 14.7. The zero-order valence-electron chi connectivity index (χ0n) is 13.9. The van der Waals surface area contributed by atoms with Crippen molar-refractivity contribution in [2.75, 3.05) is 25.9 Å². The first-order valence-electron chi connectivity index (χ1n) is 7.41. The number of nitrogens with one attached hydrogen (secondary N) is 3. The summed E-state index contributed by atoms with van der Waals surface area (Å²) < 4.78 is 65.4. The topological polar surface area (TPSA) is 91.8 Å². The van der Waals surface area contributed by atoms with Crippen molar-refractivity contribution in [3.8, 4) is 5.75 Å². The molecule has 3 N–H and O–H groups in total. The Balaban J connectivity index is 2.71. The summed E-state index contributed by atoms with van der Waals surface area (Å²) >= 11 is 0. The molecule has 0 aromatic heterocycles. The van der Waals surface area contributed by atoms with Crippen LogP contribution in [0.2, 0.25) is 0 Å². The van der Waals surface area contributed by atoms with E-state index in [2.05, 4.69) is 25.1 Å². The Bertz CT molecular complexity index is 678. The molecule has 1 aromatic carbocycles. The predicted molar refractivity (Wildman–Crippen MR) is 88.8 cm³/mol. The van der Waals surface area contributed by atoms with Gasteiger partial charge in [-0.25, -0.2) is 18.1 Å². The van der Waals surface area contributed by atoms with Gasteiger partial charge in [-0.2, -0.15) is 0 Å². The molecule has 1 aromatic rings. The van der Waals surface area contributed by atoms with Crippen LogP contribution in [0, 0.1) is 0 Å². The number of ether oxygens (including phenoxy) is 1. The van der Waals surface area contributed by atoms with Crippen LogP contribution < -0.4 is 20.1 Å². The van der Waals surface area contributed by atoms with Crippen molar-refractivity contribution in [1.29, 1.82) is 0 Å². The fourth-order valence-electron chi connectivity index (χ4n) is 1.78. The second-order valence-electron chi connectivity index (χ2n) is 4.94. The molecule has 25 heavy (non-hydrogen) atoms. The molecular formula is C14H21F3N4O3S. The molecule has 0 heterocycles. The third kappa shape index (κ3) is 9.77. The number of guanidine groups is 1. The number of rotatable bonds is 8. The van der Waals surface area contributed by atoms with Gasteiger partial charge in [0.2, 0.25) is 10.0 Å². The Morgan fingerprint density at radius 3 is 2.48 bits per heavy atom. The lowest BCUT2D eigenvalue weighted by Gasteiger charge is -2.14. The van der Waals surface area contributed by atoms with E-state index in [-0.39, 0.29) is 30.9 Å². The summed E-state index contributed by atoms with van der Waals surface area (Å²) in [6, 6.07) is 5.73. The Hall–Kier alpha value is -2.01. The van der Waals surface area contributed by atoms with E-state index < -0.39 is 16.4 Å². The summed E-state index contributed by atoms with van der Waals surface area (Å²) in [4.78, 5) is 4.18. The SMILES string of the molecule is CCNC(=NCc1ccccc1OC(F)(F)F)NCCNS(C)(=O)=O. The summed E-state index contributed by atoms with van der Waals surface area (Å²) in [7, 11) is -3.29. The van der Waals surface area contributed by atoms with Crippen LogP contribution in [0.4, 0.5) is 13.2 Å². The van der Waals surface area contributed by atoms with E-state index in [0.29, 0.717) is 12.5 Å². The highest BCUT2D eigenvalue weighted by Gasteiger charge is 2.31. The van der Waals surface area contributed by atoms with E-state index in [9.17, 15) is 21.6 Å². The maximum atomic E-state index is 12.4. The Kier molecular flexibility index (Phi) is 7.97. The van der Waals surface area contributed by atoms with Crippen LogP contribution in [0.1, 0.15) is 12.5 Å². The van der Waals surface area contributed by atoms with Crippen molar-refractivity contribution in [2.24, 2.45) is 4.99 Å². The van der Waals surface area contributed by atoms with E-state index in [1.54, 1.807) is 6.07 Å². The molecule has 7 nitrogen and oxygen atoms in total. The lowest BCUT2D eigenvalue weighted by molar-refractivity contribution is -0.274. The maximum absolute atomic E-state index is 12.4. The molecule has 0 fully saturated rings. The third-order valence-electron chi connectivity index (χ3n) is 2.73. The second-order valence-corrected chi connectivity index (χ2v) is 6.78. The molecule has 11 heteroatoms. The molecule has 0 aliphatic carbocycles. The van der Waals surface area contributed by atoms with Crippen LogP contribution in [0.5, 0.6) is 5.75 Å². The minimum Gasteiger partial charge on any atom is -0.405 e. The van der Waals surface area contributed by atoms with Gasteiger partial charge >= 0.3 is 6.36 Å². The molecule has 0 amide bonds. The molecule has 0 bridgehead atoms. The molecule has 142 valence electrons. The van der Waals surface area contributed by atoms with Gasteiger partial charge in [0.05, 0.1) is 12.8 Å². The standard InChI is InChI=1S/C14H21F3N4O3S/c1-3-18-13(19-8-9-21-25(2,22)23)20-10-11-6-4-5-7-12(11)24-14(15,16)17/h4-7,21H,3,8-10H2,1-2H3,(H2,18,19,20). The highest BCUT2D eigenvalue weighted by atomic mass is 32.2. The van der Waals surface area contributed by atoms with Crippen molar-refractivity contribution in [1.82, 2.24) is 15.4 Å². The minimum absolute atomic E-state index is 0.0406. The molecule has 0 radical (unpaired) electrons. The second kappa shape index (κ2) is 9.47. The van der Waals surface area contributed by atoms with E-state index >= 15 is 0 Å². The number of aliphatic imine (C=N–C) groups is 1. The van der Waals surface area contributed by atoms with Crippen LogP contribution in [-0.4, -0.2) is 46.6 Å². The van der Waals surface area contributed by atoms with Crippen molar-refractivity contribution in [3.05, 3.63) is 29.8 Å². The van der Waals surface area contributed by atoms with E-state index in [4.69, 9.17) is 0 Å². The Labute approximate surface area is 144 Å². The van der Waals surface area contributed by atoms with Crippen LogP contribution >= 0.6 is 0 Å². The minimum atomic E-state index is -4.78. The first kappa shape index (κ1) is 21.0. The number of benzene rings is 1. The fourth-order valence-corrected chi connectivity index (χ4v) is 2.25. The molecule has 0 aliphatic heterocycles. The number of hydrogen-bond acceptors (Lipinski definition) is 4. The molecular weight excluding hydrogens is 361 g/mol. The average Bonchev–Trinajstić information content (AvgIpc) is 2.47. The van der Waals surface area contributed by atoms with E-state index in [1.807, 2.05) is 6.92 Å². The lowest BCUT2D eigenvalue weighted by Crippen LogP contribution is -2.41. The van der Waals surface area contributed by atoms with Crippen LogP contribution in [0.3, 0.4) is 0 Å². The maximum Gasteiger partial charge on any atom is 0.573 e. The highest BCUT2D eigenvalue weighted by Crippen LogP contribution is 2.26. The highest BCUT2D eigenvalue weighted by molar-refractivity contribution is 7.88. The van der Waals surface area contributed by atoms with E-state index in [1.165, 1.54) is 18.2 Å². The summed E-state index contributed by atoms with van der Waals surface area (Å²) in [5, 5.41) is 5.80. The normalized spacial score (nSPS) is 12.8. The van der Waals surface area contributed by atoms with Crippen molar-refractivity contribution in [3.63, 3.8) is 0 Å².